The second-order valence-electron chi connectivity index (χ2n) is 8.85. The van der Waals surface area contributed by atoms with E-state index in [0.717, 1.165) is 47.8 Å². The highest BCUT2D eigenvalue weighted by atomic mass is 16.2. The summed E-state index contributed by atoms with van der Waals surface area (Å²) in [7, 11) is 1.84. The molecule has 1 saturated heterocycles. The maximum absolute atomic E-state index is 12.7. The number of aromatic nitrogens is 2. The van der Waals surface area contributed by atoms with Crippen LogP contribution < -0.4 is 21.6 Å². The van der Waals surface area contributed by atoms with Crippen LogP contribution in [0.5, 0.6) is 0 Å². The zero-order valence-electron chi connectivity index (χ0n) is 20.5. The Kier molecular flexibility index (Phi) is 7.46. The van der Waals surface area contributed by atoms with Gasteiger partial charge >= 0.3 is 0 Å². The van der Waals surface area contributed by atoms with Crippen molar-refractivity contribution in [2.45, 2.75) is 20.2 Å². The zero-order valence-corrected chi connectivity index (χ0v) is 20.5. The van der Waals surface area contributed by atoms with Crippen LogP contribution in [-0.2, 0) is 18.3 Å². The van der Waals surface area contributed by atoms with E-state index < -0.39 is 0 Å². The highest BCUT2D eigenvalue weighted by Gasteiger charge is 2.19. The monoisotopic (exact) mass is 470 g/mol. The second-order valence-corrected chi connectivity index (χ2v) is 8.85. The molecule has 180 valence electrons. The Morgan fingerprint density at radius 1 is 1.26 bits per heavy atom. The first-order valence-corrected chi connectivity index (χ1v) is 12.0. The molecule has 1 aromatic carbocycles. The van der Waals surface area contributed by atoms with Gasteiger partial charge in [-0.25, -0.2) is 4.98 Å². The first-order valence-electron chi connectivity index (χ1n) is 12.0. The number of hydrogen-bond acceptors (Lipinski definition) is 6. The number of benzene rings is 1. The normalized spacial score (nSPS) is 13.4. The number of aryl methyl sites for hydroxylation is 1. The fourth-order valence-electron chi connectivity index (χ4n) is 4.52. The molecule has 0 radical (unpaired) electrons. The van der Waals surface area contributed by atoms with Crippen LogP contribution in [0.2, 0.25) is 6.82 Å². The molecule has 1 fully saturated rings. The number of pyridine rings is 2. The van der Waals surface area contributed by atoms with Gasteiger partial charge in [-0.3, -0.25) is 10.2 Å². The van der Waals surface area contributed by atoms with Crippen molar-refractivity contribution in [3.05, 3.63) is 65.4 Å². The lowest BCUT2D eigenvalue weighted by atomic mass is 9.47. The van der Waals surface area contributed by atoms with Gasteiger partial charge < -0.3 is 24.9 Å². The molecule has 3 heterocycles. The number of hydrogen-bond donors (Lipinski definition) is 3. The summed E-state index contributed by atoms with van der Waals surface area (Å²) < 4.78 is 1.76. The van der Waals surface area contributed by atoms with Gasteiger partial charge in [-0.15, -0.1) is 0 Å². The highest BCUT2D eigenvalue weighted by molar-refractivity contribution is 6.94. The van der Waals surface area contributed by atoms with E-state index in [1.54, 1.807) is 22.9 Å². The summed E-state index contributed by atoms with van der Waals surface area (Å²) in [6.45, 7) is 6.80. The van der Waals surface area contributed by atoms with Gasteiger partial charge in [0.25, 0.3) is 5.91 Å². The lowest BCUT2D eigenvalue weighted by Gasteiger charge is -2.27. The van der Waals surface area contributed by atoms with E-state index >= 15 is 0 Å². The number of amides is 1. The van der Waals surface area contributed by atoms with E-state index in [1.807, 2.05) is 43.2 Å². The predicted octanol–water partition coefficient (Wildman–Crippen LogP) is 2.02. The van der Waals surface area contributed by atoms with Crippen molar-refractivity contribution in [3.63, 3.8) is 0 Å². The van der Waals surface area contributed by atoms with Crippen LogP contribution in [0, 0.1) is 5.41 Å². The van der Waals surface area contributed by atoms with Crippen molar-refractivity contribution in [1.82, 2.24) is 19.8 Å². The third-order valence-electron chi connectivity index (χ3n) is 6.49. The topological polar surface area (TPSA) is 103 Å². The standard InChI is InChI=1S/C26H31BN6O2/c1-4-20-21(6-5-7-22(20)27(2)17-34)19-14-23(25(28)32(3)16-19)31-24-9-8-18(15-30-24)26(35)33-12-10-29-11-13-33/h5-9,14-17,28-29H,4,10-13H2,1-3H3,(H,30,31). The molecule has 8 nitrogen and oxygen atoms in total. The number of rotatable bonds is 7. The summed E-state index contributed by atoms with van der Waals surface area (Å²) in [5.74, 6) is 0.545. The molecule has 0 atom stereocenters. The predicted molar refractivity (Wildman–Crippen MR) is 140 cm³/mol. The van der Waals surface area contributed by atoms with Crippen LogP contribution in [0.3, 0.4) is 0 Å². The van der Waals surface area contributed by atoms with Crippen LogP contribution in [-0.4, -0.2) is 59.4 Å². The third kappa shape index (κ3) is 5.20. The van der Waals surface area contributed by atoms with E-state index in [0.29, 0.717) is 35.6 Å². The molecule has 4 rings (SSSR count). The van der Waals surface area contributed by atoms with E-state index in [2.05, 4.69) is 28.6 Å². The number of anilines is 2. The van der Waals surface area contributed by atoms with Gasteiger partial charge in [-0.1, -0.05) is 37.4 Å². The number of carbonyl (C=O) groups is 2. The molecule has 1 aliphatic heterocycles. The van der Waals surface area contributed by atoms with Gasteiger partial charge in [-0.05, 0) is 35.7 Å². The summed E-state index contributed by atoms with van der Waals surface area (Å²) in [6, 6.07) is 11.5. The average Bonchev–Trinajstić information content (AvgIpc) is 2.90. The number of piperazine rings is 1. The maximum atomic E-state index is 12.7. The van der Waals surface area contributed by atoms with Gasteiger partial charge in [-0.2, -0.15) is 0 Å². The summed E-state index contributed by atoms with van der Waals surface area (Å²) >= 11 is 0. The highest BCUT2D eigenvalue weighted by Crippen LogP contribution is 2.25. The molecule has 0 bridgehead atoms. The van der Waals surface area contributed by atoms with Crippen LogP contribution in [0.4, 0.5) is 11.5 Å². The van der Waals surface area contributed by atoms with Crippen LogP contribution in [0.25, 0.3) is 11.1 Å². The van der Waals surface area contributed by atoms with Crippen molar-refractivity contribution >= 4 is 35.8 Å². The maximum Gasteiger partial charge on any atom is 0.255 e. The lowest BCUT2D eigenvalue weighted by molar-refractivity contribution is 0.0735. The Balaban J connectivity index is 1.63. The fourth-order valence-corrected chi connectivity index (χ4v) is 4.52. The molecular weight excluding hydrogens is 439 g/mol. The Bertz CT molecular complexity index is 1280. The quantitative estimate of drug-likeness (QED) is 0.362. The van der Waals surface area contributed by atoms with Crippen molar-refractivity contribution in [3.8, 4) is 11.1 Å². The molecule has 35 heavy (non-hydrogen) atoms. The van der Waals surface area contributed by atoms with Gasteiger partial charge in [0.1, 0.15) is 11.3 Å². The molecule has 3 N–H and O–H groups in total. The fraction of sp³-hybridized carbons (Fsp3) is 0.308. The van der Waals surface area contributed by atoms with Crippen molar-refractivity contribution in [2.75, 3.05) is 31.5 Å². The van der Waals surface area contributed by atoms with Crippen molar-refractivity contribution in [2.24, 2.45) is 7.05 Å². The van der Waals surface area contributed by atoms with Gasteiger partial charge in [0, 0.05) is 51.2 Å². The molecule has 3 aromatic rings. The summed E-state index contributed by atoms with van der Waals surface area (Å²) in [5, 5.41) is 15.0. The lowest BCUT2D eigenvalue weighted by Crippen LogP contribution is -2.46. The Morgan fingerprint density at radius 2 is 2.03 bits per heavy atom. The van der Waals surface area contributed by atoms with E-state index in [-0.39, 0.29) is 12.6 Å². The first-order chi connectivity index (χ1) is 16.9. The Morgan fingerprint density at radius 3 is 2.69 bits per heavy atom. The molecule has 0 aliphatic carbocycles. The van der Waals surface area contributed by atoms with E-state index in [9.17, 15) is 9.59 Å². The van der Waals surface area contributed by atoms with Gasteiger partial charge in [0.15, 0.2) is 0 Å². The third-order valence-corrected chi connectivity index (χ3v) is 6.49. The van der Waals surface area contributed by atoms with E-state index in [1.165, 1.54) is 0 Å². The minimum absolute atomic E-state index is 0.0170. The average molecular weight is 470 g/mol. The van der Waals surface area contributed by atoms with Crippen molar-refractivity contribution < 1.29 is 9.59 Å². The molecule has 0 unspecified atom stereocenters. The SMILES string of the molecule is CCc1c(B(C)C=O)cccc1-c1cc(Nc2ccc(C(=O)N3CCNCC3)cn2)c(=N)n(C)c1. The van der Waals surface area contributed by atoms with E-state index in [4.69, 9.17) is 5.41 Å². The summed E-state index contributed by atoms with van der Waals surface area (Å²) in [6.07, 6.45) is 5.28. The van der Waals surface area contributed by atoms with Gasteiger partial charge in [0.05, 0.1) is 17.4 Å². The molecule has 9 heteroatoms. The minimum Gasteiger partial charge on any atom is -0.337 e. The smallest absolute Gasteiger partial charge is 0.255 e. The summed E-state index contributed by atoms with van der Waals surface area (Å²) in [4.78, 5) is 30.4. The Labute approximate surface area is 206 Å². The summed E-state index contributed by atoms with van der Waals surface area (Å²) in [5.41, 5.74) is 5.62. The molecule has 0 saturated carbocycles. The molecule has 1 aliphatic rings. The van der Waals surface area contributed by atoms with Gasteiger partial charge in [0.2, 0.25) is 6.71 Å². The number of nitrogens with zero attached hydrogens (tertiary/aromatic N) is 3. The molecule has 1 amide bonds. The van der Waals surface area contributed by atoms with Crippen LogP contribution in [0.1, 0.15) is 22.8 Å². The first kappa shape index (κ1) is 24.4. The largest absolute Gasteiger partial charge is 0.337 e. The second kappa shape index (κ2) is 10.7. The van der Waals surface area contributed by atoms with Crippen LogP contribution in [0.15, 0.2) is 48.8 Å². The molecular formula is C26H31BN6O2. The molecule has 2 aromatic heterocycles. The van der Waals surface area contributed by atoms with Crippen molar-refractivity contribution in [1.29, 1.82) is 5.41 Å². The van der Waals surface area contributed by atoms with Crippen LogP contribution >= 0.6 is 0 Å². The zero-order chi connectivity index (χ0) is 24.9. The Hall–Kier alpha value is -3.72. The number of nitrogens with one attached hydrogen (secondary N) is 3. The number of carbonyl (C=O) groups excluding carboxylic acids is 2. The molecule has 0 spiro atoms. The minimum atomic E-state index is -0.182.